The maximum Gasteiger partial charge on any atom is 0.321 e. The van der Waals surface area contributed by atoms with Gasteiger partial charge < -0.3 is 14.2 Å². The highest BCUT2D eigenvalue weighted by Crippen LogP contribution is 2.24. The molecule has 2 aromatic carbocycles. The number of aromatic nitrogens is 2. The second-order valence-electron chi connectivity index (χ2n) is 4.76. The Bertz CT molecular complexity index is 754. The highest BCUT2D eigenvalue weighted by Gasteiger charge is 2.03. The largest absolute Gasteiger partial charge is 0.497 e. The summed E-state index contributed by atoms with van der Waals surface area (Å²) in [5.41, 5.74) is 1.93. The first-order valence-electron chi connectivity index (χ1n) is 7.07. The van der Waals surface area contributed by atoms with Gasteiger partial charge >= 0.3 is 6.01 Å². The first kappa shape index (κ1) is 14.8. The van der Waals surface area contributed by atoms with Gasteiger partial charge in [-0.3, -0.25) is 0 Å². The maximum absolute atomic E-state index is 5.61. The molecule has 5 nitrogen and oxygen atoms in total. The van der Waals surface area contributed by atoms with Gasteiger partial charge in [-0.2, -0.15) is 0 Å². The minimum atomic E-state index is 0.299. The molecule has 0 bridgehead atoms. The molecule has 0 aliphatic carbocycles. The van der Waals surface area contributed by atoms with E-state index in [-0.39, 0.29) is 0 Å². The zero-order chi connectivity index (χ0) is 16.1. The number of benzene rings is 2. The van der Waals surface area contributed by atoms with Crippen molar-refractivity contribution >= 4 is 0 Å². The summed E-state index contributed by atoms with van der Waals surface area (Å²) in [5, 5.41) is 0. The van der Waals surface area contributed by atoms with Crippen LogP contribution in [0.1, 0.15) is 0 Å². The number of methoxy groups -OCH3 is 2. The summed E-state index contributed by atoms with van der Waals surface area (Å²) in [7, 11) is 3.26. The Labute approximate surface area is 134 Å². The van der Waals surface area contributed by atoms with Gasteiger partial charge in [0.1, 0.15) is 17.2 Å². The predicted octanol–water partition coefficient (Wildman–Crippen LogP) is 3.95. The van der Waals surface area contributed by atoms with E-state index in [2.05, 4.69) is 9.97 Å². The van der Waals surface area contributed by atoms with Crippen molar-refractivity contribution in [2.45, 2.75) is 0 Å². The smallest absolute Gasteiger partial charge is 0.321 e. The van der Waals surface area contributed by atoms with Crippen LogP contribution in [0.2, 0.25) is 0 Å². The zero-order valence-electron chi connectivity index (χ0n) is 12.9. The average Bonchev–Trinajstić information content (AvgIpc) is 2.63. The molecule has 1 aromatic heterocycles. The molecule has 3 rings (SSSR count). The molecule has 0 aliphatic rings. The van der Waals surface area contributed by atoms with Crippen LogP contribution in [0, 0.1) is 0 Å². The van der Waals surface area contributed by atoms with Crippen LogP contribution >= 0.6 is 0 Å². The molecule has 0 spiro atoms. The fraction of sp³-hybridized carbons (Fsp3) is 0.111. The fourth-order valence-electron chi connectivity index (χ4n) is 2.05. The van der Waals surface area contributed by atoms with E-state index in [1.54, 1.807) is 38.7 Å². The van der Waals surface area contributed by atoms with Crippen molar-refractivity contribution in [2.24, 2.45) is 0 Å². The average molecular weight is 308 g/mol. The van der Waals surface area contributed by atoms with Crippen molar-refractivity contribution in [3.05, 3.63) is 60.9 Å². The normalized spacial score (nSPS) is 10.2. The van der Waals surface area contributed by atoms with Gasteiger partial charge in [0.25, 0.3) is 0 Å². The summed E-state index contributed by atoms with van der Waals surface area (Å²) in [6.45, 7) is 0. The lowest BCUT2D eigenvalue weighted by Crippen LogP contribution is -1.92. The monoisotopic (exact) mass is 308 g/mol. The quantitative estimate of drug-likeness (QED) is 0.714. The molecule has 23 heavy (non-hydrogen) atoms. The lowest BCUT2D eigenvalue weighted by atomic mass is 10.1. The molecule has 5 heteroatoms. The topological polar surface area (TPSA) is 53.5 Å². The van der Waals surface area contributed by atoms with Crippen LogP contribution in [0.5, 0.6) is 23.3 Å². The molecule has 0 atom stereocenters. The van der Waals surface area contributed by atoms with E-state index in [1.165, 1.54) is 0 Å². The summed E-state index contributed by atoms with van der Waals surface area (Å²) in [6.07, 6.45) is 3.46. The summed E-state index contributed by atoms with van der Waals surface area (Å²) >= 11 is 0. The zero-order valence-corrected chi connectivity index (χ0v) is 12.9. The lowest BCUT2D eigenvalue weighted by molar-refractivity contribution is 0.410. The molecule has 0 fully saturated rings. The van der Waals surface area contributed by atoms with Gasteiger partial charge in [-0.25, -0.2) is 9.97 Å². The van der Waals surface area contributed by atoms with E-state index < -0.39 is 0 Å². The highest BCUT2D eigenvalue weighted by atomic mass is 16.5. The van der Waals surface area contributed by atoms with Crippen molar-refractivity contribution in [3.63, 3.8) is 0 Å². The molecule has 0 aliphatic heterocycles. The molecule has 0 saturated carbocycles. The molecule has 3 aromatic rings. The first-order valence-corrected chi connectivity index (χ1v) is 7.07. The van der Waals surface area contributed by atoms with Crippen LogP contribution in [0.15, 0.2) is 60.9 Å². The van der Waals surface area contributed by atoms with Gasteiger partial charge in [0.15, 0.2) is 0 Å². The first-order chi connectivity index (χ1) is 11.3. The Morgan fingerprint density at radius 3 is 1.61 bits per heavy atom. The Kier molecular flexibility index (Phi) is 4.38. The second-order valence-corrected chi connectivity index (χ2v) is 4.76. The molecule has 0 amide bonds. The fourth-order valence-corrected chi connectivity index (χ4v) is 2.05. The molecule has 0 saturated heterocycles. The Hall–Kier alpha value is -3.08. The Balaban J connectivity index is 1.72. The molecule has 0 N–H and O–H groups in total. The van der Waals surface area contributed by atoms with E-state index in [0.29, 0.717) is 11.8 Å². The van der Waals surface area contributed by atoms with Crippen molar-refractivity contribution in [2.75, 3.05) is 14.2 Å². The van der Waals surface area contributed by atoms with E-state index in [0.717, 1.165) is 22.6 Å². The third-order valence-electron chi connectivity index (χ3n) is 3.32. The highest BCUT2D eigenvalue weighted by molar-refractivity contribution is 5.62. The number of hydrogen-bond acceptors (Lipinski definition) is 5. The van der Waals surface area contributed by atoms with E-state index in [9.17, 15) is 0 Å². The van der Waals surface area contributed by atoms with Gasteiger partial charge in [-0.15, -0.1) is 0 Å². The third kappa shape index (κ3) is 3.58. The van der Waals surface area contributed by atoms with Gasteiger partial charge in [0, 0.05) is 18.0 Å². The van der Waals surface area contributed by atoms with Crippen LogP contribution in [-0.2, 0) is 0 Å². The standard InChI is InChI=1S/C18H16N2O3/c1-21-15-5-3-13(4-6-15)14-11-19-18(20-12-14)23-17-9-7-16(22-2)8-10-17/h3-12H,1-2H3. The number of rotatable bonds is 5. The van der Waals surface area contributed by atoms with E-state index in [1.807, 2.05) is 36.4 Å². The van der Waals surface area contributed by atoms with E-state index >= 15 is 0 Å². The number of hydrogen-bond donors (Lipinski definition) is 0. The minimum absolute atomic E-state index is 0.299. The van der Waals surface area contributed by atoms with Gasteiger partial charge in [-0.05, 0) is 42.0 Å². The molecule has 1 heterocycles. The Morgan fingerprint density at radius 1 is 0.609 bits per heavy atom. The Morgan fingerprint density at radius 2 is 1.09 bits per heavy atom. The molecule has 116 valence electrons. The summed E-state index contributed by atoms with van der Waals surface area (Å²) in [6, 6.07) is 15.3. The van der Waals surface area contributed by atoms with E-state index in [4.69, 9.17) is 14.2 Å². The number of ether oxygens (including phenoxy) is 3. The minimum Gasteiger partial charge on any atom is -0.497 e. The maximum atomic E-state index is 5.61. The van der Waals surface area contributed by atoms with Gasteiger partial charge in [-0.1, -0.05) is 12.1 Å². The van der Waals surface area contributed by atoms with Crippen LogP contribution < -0.4 is 14.2 Å². The van der Waals surface area contributed by atoms with Gasteiger partial charge in [0.05, 0.1) is 14.2 Å². The van der Waals surface area contributed by atoms with Crippen LogP contribution in [0.25, 0.3) is 11.1 Å². The second kappa shape index (κ2) is 6.79. The lowest BCUT2D eigenvalue weighted by Gasteiger charge is -2.06. The van der Waals surface area contributed by atoms with Crippen LogP contribution in [0.4, 0.5) is 0 Å². The predicted molar refractivity (Wildman–Crippen MR) is 87.1 cm³/mol. The molecule has 0 radical (unpaired) electrons. The summed E-state index contributed by atoms with van der Waals surface area (Å²) in [4.78, 5) is 8.48. The van der Waals surface area contributed by atoms with Crippen LogP contribution in [0.3, 0.4) is 0 Å². The third-order valence-corrected chi connectivity index (χ3v) is 3.32. The van der Waals surface area contributed by atoms with Crippen molar-refractivity contribution in [3.8, 4) is 34.4 Å². The summed E-state index contributed by atoms with van der Waals surface area (Å²) < 4.78 is 15.9. The number of nitrogens with zero attached hydrogens (tertiary/aromatic N) is 2. The van der Waals surface area contributed by atoms with Crippen molar-refractivity contribution in [1.82, 2.24) is 9.97 Å². The SMILES string of the molecule is COc1ccc(Oc2ncc(-c3ccc(OC)cc3)cn2)cc1. The van der Waals surface area contributed by atoms with Crippen LogP contribution in [-0.4, -0.2) is 24.2 Å². The summed E-state index contributed by atoms with van der Waals surface area (Å²) in [5.74, 6) is 2.24. The molecular weight excluding hydrogens is 292 g/mol. The molecular formula is C18H16N2O3. The van der Waals surface area contributed by atoms with Crippen molar-refractivity contribution < 1.29 is 14.2 Å². The molecule has 0 unspecified atom stereocenters. The van der Waals surface area contributed by atoms with Crippen molar-refractivity contribution in [1.29, 1.82) is 0 Å². The van der Waals surface area contributed by atoms with Gasteiger partial charge in [0.2, 0.25) is 0 Å².